The van der Waals surface area contributed by atoms with Gasteiger partial charge in [0.1, 0.15) is 5.76 Å². The summed E-state index contributed by atoms with van der Waals surface area (Å²) in [6.07, 6.45) is 6.07. The molecule has 2 atom stereocenters. The lowest BCUT2D eigenvalue weighted by molar-refractivity contribution is 0.352. The van der Waals surface area contributed by atoms with Crippen LogP contribution in [0.4, 0.5) is 0 Å². The maximum Gasteiger partial charge on any atom is 0.169 e. The molecule has 1 rings (SSSR count). The Balaban J connectivity index is 2.45. The molecule has 0 saturated carbocycles. The van der Waals surface area contributed by atoms with E-state index in [1.807, 2.05) is 12.1 Å². The van der Waals surface area contributed by atoms with E-state index in [4.69, 9.17) is 10.2 Å². The summed E-state index contributed by atoms with van der Waals surface area (Å²) in [7, 11) is 0. The van der Waals surface area contributed by atoms with Gasteiger partial charge in [-0.05, 0) is 40.4 Å². The summed E-state index contributed by atoms with van der Waals surface area (Å²) in [4.78, 5) is 0. The van der Waals surface area contributed by atoms with E-state index in [-0.39, 0.29) is 6.04 Å². The molecule has 1 aromatic heterocycles. The molecule has 1 aromatic rings. The van der Waals surface area contributed by atoms with Gasteiger partial charge in [-0.15, -0.1) is 0 Å². The summed E-state index contributed by atoms with van der Waals surface area (Å²) in [5.74, 6) is 1.61. The fraction of sp³-hybridized carbons (Fsp3) is 0.692. The lowest BCUT2D eigenvalue weighted by Crippen LogP contribution is -2.14. The summed E-state index contributed by atoms with van der Waals surface area (Å²) in [5, 5.41) is 0. The number of unbranched alkanes of at least 4 members (excludes halogenated alkanes) is 1. The Morgan fingerprint density at radius 2 is 2.12 bits per heavy atom. The Morgan fingerprint density at radius 1 is 1.38 bits per heavy atom. The van der Waals surface area contributed by atoms with Crippen LogP contribution in [0.3, 0.4) is 0 Å². The highest BCUT2D eigenvalue weighted by Crippen LogP contribution is 2.27. The highest BCUT2D eigenvalue weighted by atomic mass is 79.9. The summed E-state index contributed by atoms with van der Waals surface area (Å²) in [6.45, 7) is 4.47. The third kappa shape index (κ3) is 4.30. The van der Waals surface area contributed by atoms with Crippen LogP contribution in [0, 0.1) is 5.92 Å². The minimum absolute atomic E-state index is 0.0353. The van der Waals surface area contributed by atoms with Gasteiger partial charge >= 0.3 is 0 Å². The van der Waals surface area contributed by atoms with Gasteiger partial charge in [-0.3, -0.25) is 0 Å². The highest BCUT2D eigenvalue weighted by molar-refractivity contribution is 9.10. The Morgan fingerprint density at radius 3 is 2.62 bits per heavy atom. The van der Waals surface area contributed by atoms with E-state index in [2.05, 4.69) is 29.8 Å². The van der Waals surface area contributed by atoms with E-state index >= 15 is 0 Å². The molecule has 0 amide bonds. The van der Waals surface area contributed by atoms with Gasteiger partial charge < -0.3 is 10.2 Å². The first-order chi connectivity index (χ1) is 7.67. The normalized spacial score (nSPS) is 15.0. The molecule has 1 heterocycles. The largest absolute Gasteiger partial charge is 0.453 e. The molecule has 2 unspecified atom stereocenters. The number of furan rings is 1. The zero-order valence-corrected chi connectivity index (χ0v) is 11.8. The molecule has 2 nitrogen and oxygen atoms in total. The van der Waals surface area contributed by atoms with Crippen LogP contribution in [0.25, 0.3) is 0 Å². The van der Waals surface area contributed by atoms with Crippen LogP contribution < -0.4 is 5.73 Å². The fourth-order valence-electron chi connectivity index (χ4n) is 1.98. The van der Waals surface area contributed by atoms with Crippen LogP contribution in [0.5, 0.6) is 0 Å². The van der Waals surface area contributed by atoms with Gasteiger partial charge in [-0.2, -0.15) is 0 Å². The third-order valence-electron chi connectivity index (χ3n) is 3.09. The van der Waals surface area contributed by atoms with Crippen LogP contribution in [0.1, 0.15) is 57.8 Å². The molecule has 0 fully saturated rings. The van der Waals surface area contributed by atoms with Crippen molar-refractivity contribution in [3.63, 3.8) is 0 Å². The summed E-state index contributed by atoms with van der Waals surface area (Å²) in [5.41, 5.74) is 6.14. The van der Waals surface area contributed by atoms with Gasteiger partial charge in [0.05, 0.1) is 6.04 Å². The first-order valence-corrected chi connectivity index (χ1v) is 6.97. The molecule has 2 N–H and O–H groups in total. The van der Waals surface area contributed by atoms with Crippen molar-refractivity contribution < 1.29 is 4.42 Å². The van der Waals surface area contributed by atoms with Gasteiger partial charge in [0, 0.05) is 0 Å². The van der Waals surface area contributed by atoms with Crippen molar-refractivity contribution in [1.29, 1.82) is 0 Å². The Labute approximate surface area is 107 Å². The van der Waals surface area contributed by atoms with Crippen molar-refractivity contribution >= 4 is 15.9 Å². The summed E-state index contributed by atoms with van der Waals surface area (Å²) < 4.78 is 6.25. The minimum Gasteiger partial charge on any atom is -0.453 e. The Bertz CT molecular complexity index is 298. The lowest BCUT2D eigenvalue weighted by atomic mass is 9.91. The van der Waals surface area contributed by atoms with Crippen molar-refractivity contribution in [3.8, 4) is 0 Å². The van der Waals surface area contributed by atoms with Crippen LogP contribution in [0.2, 0.25) is 0 Å². The van der Waals surface area contributed by atoms with Gasteiger partial charge in [-0.25, -0.2) is 0 Å². The van der Waals surface area contributed by atoms with Gasteiger partial charge in [0.25, 0.3) is 0 Å². The van der Waals surface area contributed by atoms with E-state index in [9.17, 15) is 0 Å². The van der Waals surface area contributed by atoms with Gasteiger partial charge in [0.2, 0.25) is 0 Å². The van der Waals surface area contributed by atoms with Gasteiger partial charge in [-0.1, -0.05) is 39.5 Å². The minimum atomic E-state index is 0.0353. The molecule has 0 saturated heterocycles. The molecular weight excluding hydrogens is 266 g/mol. The Hall–Kier alpha value is -0.280. The predicted molar refractivity (Wildman–Crippen MR) is 71.3 cm³/mol. The van der Waals surface area contributed by atoms with Crippen LogP contribution in [-0.2, 0) is 0 Å². The highest BCUT2D eigenvalue weighted by Gasteiger charge is 2.15. The lowest BCUT2D eigenvalue weighted by Gasteiger charge is -2.18. The van der Waals surface area contributed by atoms with E-state index < -0.39 is 0 Å². The van der Waals surface area contributed by atoms with Crippen molar-refractivity contribution in [2.45, 2.75) is 52.0 Å². The fourth-order valence-corrected chi connectivity index (χ4v) is 2.30. The van der Waals surface area contributed by atoms with E-state index in [1.54, 1.807) is 0 Å². The molecule has 92 valence electrons. The number of nitrogens with two attached hydrogens (primary N) is 1. The average molecular weight is 288 g/mol. The molecule has 0 bridgehead atoms. The van der Waals surface area contributed by atoms with Gasteiger partial charge in [0.15, 0.2) is 4.67 Å². The zero-order valence-electron chi connectivity index (χ0n) is 10.2. The second-order valence-electron chi connectivity index (χ2n) is 4.40. The topological polar surface area (TPSA) is 39.2 Å². The molecule has 3 heteroatoms. The molecular formula is C13H22BrNO. The summed E-state index contributed by atoms with van der Waals surface area (Å²) >= 11 is 3.30. The van der Waals surface area contributed by atoms with Crippen LogP contribution in [0.15, 0.2) is 21.2 Å². The van der Waals surface area contributed by atoms with E-state index in [0.717, 1.165) is 22.8 Å². The average Bonchev–Trinajstić information content (AvgIpc) is 2.70. The summed E-state index contributed by atoms with van der Waals surface area (Å²) in [6, 6.07) is 3.90. The van der Waals surface area contributed by atoms with E-state index in [0.29, 0.717) is 0 Å². The number of halogens is 1. The van der Waals surface area contributed by atoms with Crippen molar-refractivity contribution in [2.75, 3.05) is 0 Å². The molecule has 0 aromatic carbocycles. The number of hydrogen-bond donors (Lipinski definition) is 1. The smallest absolute Gasteiger partial charge is 0.169 e. The number of hydrogen-bond acceptors (Lipinski definition) is 2. The SMILES string of the molecule is CCCCC(CC)CC(N)c1ccc(Br)o1. The first kappa shape index (κ1) is 13.8. The maximum atomic E-state index is 6.14. The zero-order chi connectivity index (χ0) is 12.0. The third-order valence-corrected chi connectivity index (χ3v) is 3.52. The molecule has 0 aliphatic rings. The maximum absolute atomic E-state index is 6.14. The Kier molecular flexibility index (Phi) is 6.14. The quantitative estimate of drug-likeness (QED) is 0.793. The standard InChI is InChI=1S/C13H22BrNO/c1-3-5-6-10(4-2)9-11(15)12-7-8-13(14)16-12/h7-8,10-11H,3-6,9,15H2,1-2H3. The first-order valence-electron chi connectivity index (χ1n) is 6.18. The number of rotatable bonds is 7. The van der Waals surface area contributed by atoms with Crippen molar-refractivity contribution in [1.82, 2.24) is 0 Å². The van der Waals surface area contributed by atoms with E-state index in [1.165, 1.54) is 25.7 Å². The van der Waals surface area contributed by atoms with Crippen molar-refractivity contribution in [3.05, 3.63) is 22.6 Å². The molecule has 0 radical (unpaired) electrons. The monoisotopic (exact) mass is 287 g/mol. The van der Waals surface area contributed by atoms with Crippen molar-refractivity contribution in [2.24, 2.45) is 11.7 Å². The van der Waals surface area contributed by atoms with Crippen LogP contribution in [-0.4, -0.2) is 0 Å². The second kappa shape index (κ2) is 7.13. The molecule has 0 aliphatic carbocycles. The predicted octanol–water partition coefficient (Wildman–Crippen LogP) is 4.65. The molecule has 16 heavy (non-hydrogen) atoms. The molecule has 0 spiro atoms. The second-order valence-corrected chi connectivity index (χ2v) is 5.18. The van der Waals surface area contributed by atoms with Crippen LogP contribution >= 0.6 is 15.9 Å². The molecule has 0 aliphatic heterocycles.